The van der Waals surface area contributed by atoms with Crippen molar-refractivity contribution in [3.05, 3.63) is 89.2 Å². The quantitative estimate of drug-likeness (QED) is 0.447. The molecule has 1 atom stereocenters. The number of aliphatic hydroxyl groups excluding tert-OH is 1. The van der Waals surface area contributed by atoms with Crippen LogP contribution in [-0.4, -0.2) is 65.7 Å². The Morgan fingerprint density at radius 2 is 1.51 bits per heavy atom. The van der Waals surface area contributed by atoms with E-state index in [9.17, 15) is 9.90 Å². The van der Waals surface area contributed by atoms with Gasteiger partial charge in [0.05, 0.1) is 36.5 Å². The first-order valence-corrected chi connectivity index (χ1v) is 12.0. The summed E-state index contributed by atoms with van der Waals surface area (Å²) in [6, 6.07) is 25.4. The maximum absolute atomic E-state index is 13.2. The van der Waals surface area contributed by atoms with Crippen molar-refractivity contribution in [3.63, 3.8) is 0 Å². The fourth-order valence-electron chi connectivity index (χ4n) is 4.79. The maximum Gasteiger partial charge on any atom is 0.274 e. The lowest BCUT2D eigenvalue weighted by atomic mass is 10.1. The Bertz CT molecular complexity index is 1350. The van der Waals surface area contributed by atoms with E-state index in [4.69, 9.17) is 4.74 Å². The maximum atomic E-state index is 13.2. The van der Waals surface area contributed by atoms with Crippen molar-refractivity contribution in [2.45, 2.75) is 12.6 Å². The lowest BCUT2D eigenvalue weighted by Gasteiger charge is -2.37. The molecule has 0 radical (unpaired) electrons. The lowest BCUT2D eigenvalue weighted by molar-refractivity contribution is 0.0910. The van der Waals surface area contributed by atoms with Gasteiger partial charge >= 0.3 is 0 Å². The molecule has 1 saturated heterocycles. The van der Waals surface area contributed by atoms with Crippen LogP contribution in [0.4, 0.5) is 5.69 Å². The van der Waals surface area contributed by atoms with Gasteiger partial charge in [0.15, 0.2) is 0 Å². The van der Waals surface area contributed by atoms with Crippen molar-refractivity contribution in [2.75, 3.05) is 44.7 Å². The van der Waals surface area contributed by atoms with E-state index in [1.165, 1.54) is 4.68 Å². The number of β-amino-alcohol motifs (C(OH)–C–C–N with tert-alkyl or cyclic N) is 1. The molecule has 0 spiro atoms. The van der Waals surface area contributed by atoms with Crippen LogP contribution in [0.2, 0.25) is 0 Å². The Hall–Kier alpha value is -3.68. The molecule has 0 bridgehead atoms. The first kappa shape index (κ1) is 23.1. The molecule has 4 aromatic rings. The number of aliphatic hydroxyl groups is 1. The standard InChI is InChI=1S/C28H30N4O3/c1-35-26-14-8-7-13-25(26)31-17-15-30(16-18-31)19-22(33)20-32-28(34)24-12-6-5-11-23(24)27(29-32)21-9-3-2-4-10-21/h2-14,22,33H,15-20H2,1H3. The average Bonchev–Trinajstić information content (AvgIpc) is 2.91. The minimum atomic E-state index is -0.706. The summed E-state index contributed by atoms with van der Waals surface area (Å²) in [6.45, 7) is 3.98. The number of piperazine rings is 1. The average molecular weight is 471 g/mol. The van der Waals surface area contributed by atoms with Crippen LogP contribution in [0.15, 0.2) is 83.7 Å². The highest BCUT2D eigenvalue weighted by Gasteiger charge is 2.22. The van der Waals surface area contributed by atoms with Crippen molar-refractivity contribution in [2.24, 2.45) is 0 Å². The normalized spacial score (nSPS) is 15.3. The molecule has 1 unspecified atom stereocenters. The van der Waals surface area contributed by atoms with Gasteiger partial charge in [-0.05, 0) is 18.2 Å². The fourth-order valence-corrected chi connectivity index (χ4v) is 4.79. The third-order valence-electron chi connectivity index (χ3n) is 6.57. The van der Waals surface area contributed by atoms with Crippen molar-refractivity contribution in [3.8, 4) is 17.0 Å². The highest BCUT2D eigenvalue weighted by atomic mass is 16.5. The first-order valence-electron chi connectivity index (χ1n) is 12.0. The molecule has 1 aliphatic rings. The van der Waals surface area contributed by atoms with Crippen molar-refractivity contribution in [1.82, 2.24) is 14.7 Å². The summed E-state index contributed by atoms with van der Waals surface area (Å²) in [5.74, 6) is 0.872. The van der Waals surface area contributed by atoms with Crippen molar-refractivity contribution >= 4 is 16.5 Å². The molecule has 2 heterocycles. The van der Waals surface area contributed by atoms with Gasteiger partial charge in [0.25, 0.3) is 5.56 Å². The molecule has 0 aliphatic carbocycles. The summed E-state index contributed by atoms with van der Waals surface area (Å²) in [5, 5.41) is 17.0. The van der Waals surface area contributed by atoms with Gasteiger partial charge in [0.2, 0.25) is 0 Å². The van der Waals surface area contributed by atoms with Crippen LogP contribution < -0.4 is 15.2 Å². The molecule has 1 N–H and O–H groups in total. The second kappa shape index (κ2) is 10.3. The number of aromatic nitrogens is 2. The van der Waals surface area contributed by atoms with Gasteiger partial charge in [-0.1, -0.05) is 60.7 Å². The zero-order valence-electron chi connectivity index (χ0n) is 19.9. The summed E-state index contributed by atoms with van der Waals surface area (Å²) in [5.41, 5.74) is 2.61. The molecular weight excluding hydrogens is 440 g/mol. The van der Waals surface area contributed by atoms with E-state index in [-0.39, 0.29) is 12.1 Å². The number of hydrogen-bond acceptors (Lipinski definition) is 6. The van der Waals surface area contributed by atoms with Crippen LogP contribution in [0.3, 0.4) is 0 Å². The highest BCUT2D eigenvalue weighted by Crippen LogP contribution is 2.28. The predicted octanol–water partition coefficient (Wildman–Crippen LogP) is 3.26. The van der Waals surface area contributed by atoms with Gasteiger partial charge in [0, 0.05) is 43.7 Å². The fraction of sp³-hybridized carbons (Fsp3) is 0.286. The summed E-state index contributed by atoms with van der Waals surface area (Å²) >= 11 is 0. The van der Waals surface area contributed by atoms with E-state index in [0.29, 0.717) is 11.9 Å². The number of rotatable bonds is 7. The second-order valence-electron chi connectivity index (χ2n) is 8.86. The molecule has 35 heavy (non-hydrogen) atoms. The summed E-state index contributed by atoms with van der Waals surface area (Å²) in [6.07, 6.45) is -0.706. The zero-order chi connectivity index (χ0) is 24.2. The number of methoxy groups -OCH3 is 1. The number of ether oxygens (including phenoxy) is 1. The number of benzene rings is 3. The second-order valence-corrected chi connectivity index (χ2v) is 8.86. The number of fused-ring (bicyclic) bond motifs is 1. The van der Waals surface area contributed by atoms with Crippen LogP contribution in [0, 0.1) is 0 Å². The number of nitrogens with zero attached hydrogens (tertiary/aromatic N) is 4. The van der Waals surface area contributed by atoms with Crippen LogP contribution in [0.5, 0.6) is 5.75 Å². The van der Waals surface area contributed by atoms with Gasteiger partial charge in [0.1, 0.15) is 5.75 Å². The van der Waals surface area contributed by atoms with E-state index >= 15 is 0 Å². The SMILES string of the molecule is COc1ccccc1N1CCN(CC(O)Cn2nc(-c3ccccc3)c3ccccc3c2=O)CC1. The van der Waals surface area contributed by atoms with Crippen LogP contribution >= 0.6 is 0 Å². The molecular formula is C28H30N4O3. The first-order chi connectivity index (χ1) is 17.1. The Morgan fingerprint density at radius 3 is 2.26 bits per heavy atom. The van der Waals surface area contributed by atoms with E-state index in [0.717, 1.165) is 54.3 Å². The molecule has 7 nitrogen and oxygen atoms in total. The molecule has 1 fully saturated rings. The van der Waals surface area contributed by atoms with Gasteiger partial charge in [-0.2, -0.15) is 5.10 Å². The molecule has 7 heteroatoms. The molecule has 1 aliphatic heterocycles. The smallest absolute Gasteiger partial charge is 0.274 e. The van der Waals surface area contributed by atoms with Crippen molar-refractivity contribution < 1.29 is 9.84 Å². The third-order valence-corrected chi connectivity index (χ3v) is 6.57. The molecule has 180 valence electrons. The largest absolute Gasteiger partial charge is 0.495 e. The lowest BCUT2D eigenvalue weighted by Crippen LogP contribution is -2.49. The molecule has 0 saturated carbocycles. The van der Waals surface area contributed by atoms with Crippen LogP contribution in [0.1, 0.15) is 0 Å². The van der Waals surface area contributed by atoms with E-state index in [1.54, 1.807) is 7.11 Å². The number of para-hydroxylation sites is 2. The minimum absolute atomic E-state index is 0.149. The molecule has 3 aromatic carbocycles. The monoisotopic (exact) mass is 470 g/mol. The Morgan fingerprint density at radius 1 is 0.857 bits per heavy atom. The Kier molecular flexibility index (Phi) is 6.79. The molecule has 5 rings (SSSR count). The number of anilines is 1. The zero-order valence-corrected chi connectivity index (χ0v) is 19.9. The molecule has 1 aromatic heterocycles. The molecule has 0 amide bonds. The summed E-state index contributed by atoms with van der Waals surface area (Å²) in [7, 11) is 1.69. The summed E-state index contributed by atoms with van der Waals surface area (Å²) < 4.78 is 6.92. The summed E-state index contributed by atoms with van der Waals surface area (Å²) in [4.78, 5) is 17.7. The topological polar surface area (TPSA) is 70.8 Å². The number of hydrogen-bond donors (Lipinski definition) is 1. The van der Waals surface area contributed by atoms with E-state index in [2.05, 4.69) is 21.0 Å². The predicted molar refractivity (Wildman–Crippen MR) is 139 cm³/mol. The van der Waals surface area contributed by atoms with E-state index in [1.807, 2.05) is 72.8 Å². The Balaban J connectivity index is 1.30. The third kappa shape index (κ3) is 4.92. The van der Waals surface area contributed by atoms with Gasteiger partial charge in [-0.25, -0.2) is 4.68 Å². The van der Waals surface area contributed by atoms with Gasteiger partial charge in [-0.3, -0.25) is 9.69 Å². The van der Waals surface area contributed by atoms with Crippen LogP contribution in [0.25, 0.3) is 22.0 Å². The van der Waals surface area contributed by atoms with Gasteiger partial charge < -0.3 is 14.7 Å². The minimum Gasteiger partial charge on any atom is -0.495 e. The van der Waals surface area contributed by atoms with Crippen LogP contribution in [-0.2, 0) is 6.54 Å². The van der Waals surface area contributed by atoms with E-state index < -0.39 is 6.10 Å². The van der Waals surface area contributed by atoms with Crippen molar-refractivity contribution in [1.29, 1.82) is 0 Å². The van der Waals surface area contributed by atoms with Gasteiger partial charge in [-0.15, -0.1) is 0 Å². The Labute approximate surface area is 204 Å². The highest BCUT2D eigenvalue weighted by molar-refractivity contribution is 5.93.